The van der Waals surface area contributed by atoms with Gasteiger partial charge in [0.15, 0.2) is 17.6 Å². The lowest BCUT2D eigenvalue weighted by atomic mass is 9.51. The summed E-state index contributed by atoms with van der Waals surface area (Å²) >= 11 is 0. The third-order valence-corrected chi connectivity index (χ3v) is 8.19. The summed E-state index contributed by atoms with van der Waals surface area (Å²) < 4.78 is 6.59. The minimum absolute atomic E-state index is 0.0624. The highest BCUT2D eigenvalue weighted by Gasteiger charge is 2.64. The van der Waals surface area contributed by atoms with E-state index in [-0.39, 0.29) is 17.3 Å². The number of phenols is 1. The maximum Gasteiger partial charge on any atom is 0.166 e. The van der Waals surface area contributed by atoms with Crippen molar-refractivity contribution >= 4 is 0 Å². The van der Waals surface area contributed by atoms with Gasteiger partial charge in [-0.05, 0) is 67.6 Å². The van der Waals surface area contributed by atoms with Crippen LogP contribution in [-0.2, 0) is 18.3 Å². The lowest BCUT2D eigenvalue weighted by Gasteiger charge is -2.57. The number of hydrogen-bond donors (Lipinski definition) is 1. The van der Waals surface area contributed by atoms with Crippen LogP contribution < -0.4 is 4.74 Å². The van der Waals surface area contributed by atoms with E-state index in [1.54, 1.807) is 0 Å². The number of pyridine rings is 1. The zero-order valence-corrected chi connectivity index (χ0v) is 17.0. The highest BCUT2D eigenvalue weighted by Crippen LogP contribution is 2.66. The SMILES string of the molecule is CN1CC[C@]23c4c5ccc(O)c4O[C@H]2c2ncc(-c4ccccc4)cc2C[C@H]3[C@H]1C5. The molecule has 0 amide bonds. The quantitative estimate of drug-likeness (QED) is 0.668. The van der Waals surface area contributed by atoms with Crippen molar-refractivity contribution in [2.75, 3.05) is 13.6 Å². The molecule has 0 saturated carbocycles. The molecule has 3 heterocycles. The molecule has 2 aromatic carbocycles. The van der Waals surface area contributed by atoms with Crippen LogP contribution in [0.25, 0.3) is 11.1 Å². The van der Waals surface area contributed by atoms with Crippen molar-refractivity contribution in [2.45, 2.75) is 36.8 Å². The Hall–Kier alpha value is -2.85. The van der Waals surface area contributed by atoms with Gasteiger partial charge < -0.3 is 14.7 Å². The fourth-order valence-electron chi connectivity index (χ4n) is 6.85. The molecule has 2 aliphatic carbocycles. The molecule has 30 heavy (non-hydrogen) atoms. The van der Waals surface area contributed by atoms with Crippen molar-refractivity contribution < 1.29 is 9.84 Å². The molecule has 1 N–H and O–H groups in total. The lowest BCUT2D eigenvalue weighted by molar-refractivity contribution is -0.0260. The first kappa shape index (κ1) is 16.9. The van der Waals surface area contributed by atoms with Crippen LogP contribution in [0.1, 0.15) is 34.9 Å². The van der Waals surface area contributed by atoms with Crippen LogP contribution in [0.15, 0.2) is 54.7 Å². The van der Waals surface area contributed by atoms with Gasteiger partial charge >= 0.3 is 0 Å². The number of aromatic nitrogens is 1. The third-order valence-electron chi connectivity index (χ3n) is 8.19. The monoisotopic (exact) mass is 396 g/mol. The van der Waals surface area contributed by atoms with E-state index in [1.807, 2.05) is 18.3 Å². The van der Waals surface area contributed by atoms with Crippen molar-refractivity contribution in [3.8, 4) is 22.6 Å². The highest BCUT2D eigenvalue weighted by atomic mass is 16.5. The molecule has 1 aromatic heterocycles. The highest BCUT2D eigenvalue weighted by molar-refractivity contribution is 5.66. The van der Waals surface area contributed by atoms with Gasteiger partial charge in [-0.15, -0.1) is 0 Å². The summed E-state index contributed by atoms with van der Waals surface area (Å²) in [6.07, 6.45) is 5.00. The Kier molecular flexibility index (Phi) is 3.18. The topological polar surface area (TPSA) is 45.6 Å². The van der Waals surface area contributed by atoms with E-state index < -0.39 is 0 Å². The number of benzene rings is 2. The van der Waals surface area contributed by atoms with Crippen molar-refractivity contribution in [3.05, 3.63) is 77.1 Å². The molecule has 0 radical (unpaired) electrons. The van der Waals surface area contributed by atoms with E-state index in [0.29, 0.717) is 17.7 Å². The smallest absolute Gasteiger partial charge is 0.166 e. The normalized spacial score (nSPS) is 30.4. The largest absolute Gasteiger partial charge is 0.504 e. The number of phenolic OH excluding ortho intramolecular Hbond substituents is 1. The zero-order chi connectivity index (χ0) is 20.0. The molecule has 1 fully saturated rings. The van der Waals surface area contributed by atoms with E-state index in [2.05, 4.69) is 48.3 Å². The van der Waals surface area contributed by atoms with Crippen LogP contribution in [0, 0.1) is 5.92 Å². The molecular weight excluding hydrogens is 372 g/mol. The zero-order valence-electron chi connectivity index (χ0n) is 17.0. The van der Waals surface area contributed by atoms with Crippen molar-refractivity contribution in [2.24, 2.45) is 5.92 Å². The number of piperidine rings is 1. The van der Waals surface area contributed by atoms with E-state index in [4.69, 9.17) is 9.72 Å². The average molecular weight is 396 g/mol. The summed E-state index contributed by atoms with van der Waals surface area (Å²) in [5, 5.41) is 10.6. The number of fused-ring (bicyclic) bond motifs is 2. The second-order valence-corrected chi connectivity index (χ2v) is 9.43. The molecule has 150 valence electrons. The third kappa shape index (κ3) is 1.93. The fraction of sp³-hybridized carbons (Fsp3) is 0.346. The number of likely N-dealkylation sites (N-methyl/N-ethyl adjacent to an activating group) is 1. The van der Waals surface area contributed by atoms with Crippen LogP contribution in [0.2, 0.25) is 0 Å². The average Bonchev–Trinajstić information content (AvgIpc) is 3.13. The summed E-state index contributed by atoms with van der Waals surface area (Å²) in [4.78, 5) is 7.52. The molecular formula is C26H24N2O2. The first-order valence-corrected chi connectivity index (χ1v) is 10.9. The van der Waals surface area contributed by atoms with Crippen LogP contribution in [0.3, 0.4) is 0 Å². The predicted octanol–water partition coefficient (Wildman–Crippen LogP) is 4.26. The molecule has 0 unspecified atom stereocenters. The van der Waals surface area contributed by atoms with Gasteiger partial charge in [0.25, 0.3) is 0 Å². The maximum absolute atomic E-state index is 10.6. The summed E-state index contributed by atoms with van der Waals surface area (Å²) in [6.45, 7) is 1.06. The Bertz CT molecular complexity index is 1190. The molecule has 7 rings (SSSR count). The van der Waals surface area contributed by atoms with Crippen LogP contribution in [0.4, 0.5) is 0 Å². The molecule has 4 heteroatoms. The van der Waals surface area contributed by atoms with Gasteiger partial charge in [0, 0.05) is 28.8 Å². The van der Waals surface area contributed by atoms with E-state index in [9.17, 15) is 5.11 Å². The van der Waals surface area contributed by atoms with Crippen LogP contribution >= 0.6 is 0 Å². The van der Waals surface area contributed by atoms with Gasteiger partial charge in [-0.2, -0.15) is 0 Å². The number of nitrogens with zero attached hydrogens (tertiary/aromatic N) is 2. The van der Waals surface area contributed by atoms with Gasteiger partial charge in [-0.25, -0.2) is 0 Å². The van der Waals surface area contributed by atoms with Gasteiger partial charge in [-0.1, -0.05) is 36.4 Å². The van der Waals surface area contributed by atoms with E-state index >= 15 is 0 Å². The van der Waals surface area contributed by atoms with E-state index in [0.717, 1.165) is 31.5 Å². The van der Waals surface area contributed by atoms with Crippen molar-refractivity contribution in [1.29, 1.82) is 0 Å². The first-order chi connectivity index (χ1) is 14.7. The molecule has 1 spiro atoms. The molecule has 4 nitrogen and oxygen atoms in total. The fourth-order valence-corrected chi connectivity index (χ4v) is 6.85. The van der Waals surface area contributed by atoms with Crippen LogP contribution in [-0.4, -0.2) is 34.6 Å². The Morgan fingerprint density at radius 2 is 1.93 bits per heavy atom. The minimum atomic E-state index is -0.102. The minimum Gasteiger partial charge on any atom is -0.504 e. The molecule has 2 aliphatic heterocycles. The summed E-state index contributed by atoms with van der Waals surface area (Å²) in [6, 6.07) is 17.2. The van der Waals surface area contributed by atoms with Gasteiger partial charge in [-0.3, -0.25) is 4.98 Å². The second-order valence-electron chi connectivity index (χ2n) is 9.43. The number of likely N-dealkylation sites (tertiary alicyclic amines) is 1. The Labute approximate surface area is 176 Å². The number of ether oxygens (including phenoxy) is 1. The predicted molar refractivity (Wildman–Crippen MR) is 115 cm³/mol. The molecule has 2 bridgehead atoms. The standard InChI is InChI=1S/C26H24N2O2/c1-28-10-9-26-19-12-17-11-18(15-5-3-2-4-6-15)14-27-23(17)25(26)30-24-21(29)8-7-16(22(24)26)13-20(19)28/h2-8,11,14,19-20,25,29H,9-10,12-13H2,1H3/t19-,20+,25-,26-/m0/s1. The van der Waals surface area contributed by atoms with Gasteiger partial charge in [0.1, 0.15) is 0 Å². The molecule has 4 aliphatic rings. The second kappa shape index (κ2) is 5.64. The van der Waals surface area contributed by atoms with Crippen LogP contribution in [0.5, 0.6) is 11.5 Å². The van der Waals surface area contributed by atoms with Gasteiger partial charge in [0.05, 0.1) is 5.69 Å². The number of aromatic hydroxyl groups is 1. The molecule has 3 aromatic rings. The first-order valence-electron chi connectivity index (χ1n) is 10.9. The number of rotatable bonds is 1. The maximum atomic E-state index is 10.6. The van der Waals surface area contributed by atoms with Crippen molar-refractivity contribution in [1.82, 2.24) is 9.88 Å². The number of hydrogen-bond acceptors (Lipinski definition) is 4. The lowest BCUT2D eigenvalue weighted by Crippen LogP contribution is -2.62. The van der Waals surface area contributed by atoms with Crippen molar-refractivity contribution in [3.63, 3.8) is 0 Å². The Morgan fingerprint density at radius 3 is 2.80 bits per heavy atom. The van der Waals surface area contributed by atoms with E-state index in [1.165, 1.54) is 27.8 Å². The summed E-state index contributed by atoms with van der Waals surface area (Å²) in [7, 11) is 2.27. The summed E-state index contributed by atoms with van der Waals surface area (Å²) in [5.41, 5.74) is 7.30. The Balaban J connectivity index is 1.45. The summed E-state index contributed by atoms with van der Waals surface area (Å²) in [5.74, 6) is 1.47. The Morgan fingerprint density at radius 1 is 1.07 bits per heavy atom. The molecule has 1 saturated heterocycles. The van der Waals surface area contributed by atoms with Gasteiger partial charge in [0.2, 0.25) is 0 Å². The molecule has 4 atom stereocenters.